The number of phenolic OH excluding ortho intramolecular Hbond substituents is 1. The first-order valence-corrected chi connectivity index (χ1v) is 7.84. The second-order valence-corrected chi connectivity index (χ2v) is 6.32. The second-order valence-electron chi connectivity index (χ2n) is 4.64. The average molecular weight is 299 g/mol. The van der Waals surface area contributed by atoms with Gasteiger partial charge in [-0.1, -0.05) is 42.5 Å². The van der Waals surface area contributed by atoms with E-state index in [9.17, 15) is 13.5 Å². The topological polar surface area (TPSA) is 66.4 Å². The van der Waals surface area contributed by atoms with Crippen molar-refractivity contribution in [1.29, 1.82) is 0 Å². The Kier molecular flexibility index (Phi) is 3.27. The van der Waals surface area contributed by atoms with Crippen LogP contribution in [0.5, 0.6) is 5.75 Å². The number of benzene rings is 3. The number of nitrogens with one attached hydrogen (secondary N) is 1. The Bertz CT molecular complexity index is 890. The summed E-state index contributed by atoms with van der Waals surface area (Å²) in [6, 6.07) is 18.4. The van der Waals surface area contributed by atoms with Crippen molar-refractivity contribution in [2.75, 3.05) is 4.72 Å². The molecule has 0 amide bonds. The van der Waals surface area contributed by atoms with Crippen LogP contribution in [0.25, 0.3) is 10.8 Å². The minimum atomic E-state index is -3.66. The summed E-state index contributed by atoms with van der Waals surface area (Å²) in [6.07, 6.45) is 0. The van der Waals surface area contributed by atoms with E-state index in [1.54, 1.807) is 30.3 Å². The second kappa shape index (κ2) is 5.10. The zero-order valence-corrected chi connectivity index (χ0v) is 11.8. The highest BCUT2D eigenvalue weighted by Crippen LogP contribution is 2.29. The van der Waals surface area contributed by atoms with Gasteiger partial charge in [-0.15, -0.1) is 0 Å². The highest BCUT2D eigenvalue weighted by molar-refractivity contribution is 7.92. The Balaban J connectivity index is 2.02. The molecule has 0 unspecified atom stereocenters. The quantitative estimate of drug-likeness (QED) is 0.779. The molecule has 4 nitrogen and oxygen atoms in total. The molecule has 0 fully saturated rings. The van der Waals surface area contributed by atoms with Crippen molar-refractivity contribution in [3.63, 3.8) is 0 Å². The summed E-state index contributed by atoms with van der Waals surface area (Å²) >= 11 is 0. The summed E-state index contributed by atoms with van der Waals surface area (Å²) in [4.78, 5) is 0.178. The van der Waals surface area contributed by atoms with E-state index >= 15 is 0 Å². The van der Waals surface area contributed by atoms with Crippen LogP contribution in [0.15, 0.2) is 71.6 Å². The molecule has 0 heterocycles. The van der Waals surface area contributed by atoms with Crippen LogP contribution in [0.4, 0.5) is 5.69 Å². The number of anilines is 1. The van der Waals surface area contributed by atoms with Crippen molar-refractivity contribution in [2.24, 2.45) is 0 Å². The molecule has 0 radical (unpaired) electrons. The maximum atomic E-state index is 12.3. The van der Waals surface area contributed by atoms with Gasteiger partial charge in [-0.25, -0.2) is 8.42 Å². The molecule has 0 aliphatic heterocycles. The van der Waals surface area contributed by atoms with Crippen molar-refractivity contribution in [3.8, 4) is 5.75 Å². The standard InChI is InChI=1S/C16H13NO3S/c18-16-11-13(10-12-6-4-5-9-15(12)16)17-21(19,20)14-7-2-1-3-8-14/h1-11,17-18H. The lowest BCUT2D eigenvalue weighted by Crippen LogP contribution is -2.12. The molecule has 0 saturated carbocycles. The molecule has 2 N–H and O–H groups in total. The van der Waals surface area contributed by atoms with Crippen LogP contribution in [0, 0.1) is 0 Å². The number of hydrogen-bond acceptors (Lipinski definition) is 3. The predicted octanol–water partition coefficient (Wildman–Crippen LogP) is 3.35. The lowest BCUT2D eigenvalue weighted by molar-refractivity contribution is 0.482. The highest BCUT2D eigenvalue weighted by atomic mass is 32.2. The first kappa shape index (κ1) is 13.5. The van der Waals surface area contributed by atoms with Gasteiger partial charge in [0, 0.05) is 11.5 Å². The van der Waals surface area contributed by atoms with E-state index in [1.165, 1.54) is 18.2 Å². The smallest absolute Gasteiger partial charge is 0.261 e. The molecule has 0 bridgehead atoms. The maximum absolute atomic E-state index is 12.3. The maximum Gasteiger partial charge on any atom is 0.261 e. The van der Waals surface area contributed by atoms with Crippen molar-refractivity contribution in [3.05, 3.63) is 66.7 Å². The van der Waals surface area contributed by atoms with E-state index in [2.05, 4.69) is 4.72 Å². The van der Waals surface area contributed by atoms with Crippen LogP contribution in [0.3, 0.4) is 0 Å². The molecule has 21 heavy (non-hydrogen) atoms. The number of fused-ring (bicyclic) bond motifs is 1. The molecule has 0 aliphatic rings. The Hall–Kier alpha value is -2.53. The first-order valence-electron chi connectivity index (χ1n) is 6.36. The monoisotopic (exact) mass is 299 g/mol. The number of rotatable bonds is 3. The third kappa shape index (κ3) is 2.68. The summed E-state index contributed by atoms with van der Waals surface area (Å²) in [7, 11) is -3.66. The van der Waals surface area contributed by atoms with Crippen molar-refractivity contribution < 1.29 is 13.5 Å². The van der Waals surface area contributed by atoms with E-state index in [0.29, 0.717) is 11.1 Å². The fourth-order valence-corrected chi connectivity index (χ4v) is 3.22. The van der Waals surface area contributed by atoms with Gasteiger partial charge in [-0.05, 0) is 23.6 Å². The van der Waals surface area contributed by atoms with E-state index in [0.717, 1.165) is 5.39 Å². The molecule has 3 aromatic rings. The van der Waals surface area contributed by atoms with Crippen molar-refractivity contribution in [2.45, 2.75) is 4.90 Å². The lowest BCUT2D eigenvalue weighted by Gasteiger charge is -2.10. The average Bonchev–Trinajstić information content (AvgIpc) is 2.48. The van der Waals surface area contributed by atoms with E-state index < -0.39 is 10.0 Å². The fourth-order valence-electron chi connectivity index (χ4n) is 2.16. The predicted molar refractivity (Wildman–Crippen MR) is 82.9 cm³/mol. The van der Waals surface area contributed by atoms with Crippen LogP contribution < -0.4 is 4.72 Å². The van der Waals surface area contributed by atoms with Gasteiger partial charge < -0.3 is 5.11 Å². The zero-order valence-electron chi connectivity index (χ0n) is 11.0. The van der Waals surface area contributed by atoms with Crippen molar-refractivity contribution >= 4 is 26.5 Å². The Morgan fingerprint density at radius 1 is 0.857 bits per heavy atom. The molecule has 0 aliphatic carbocycles. The number of sulfonamides is 1. The van der Waals surface area contributed by atoms with Crippen LogP contribution in [-0.2, 0) is 10.0 Å². The first-order chi connectivity index (χ1) is 10.1. The summed E-state index contributed by atoms with van der Waals surface area (Å²) in [6.45, 7) is 0. The third-order valence-corrected chi connectivity index (χ3v) is 4.54. The largest absolute Gasteiger partial charge is 0.507 e. The number of aromatic hydroxyl groups is 1. The molecule has 106 valence electrons. The molecule has 0 saturated heterocycles. The Morgan fingerprint density at radius 2 is 1.52 bits per heavy atom. The summed E-state index contributed by atoms with van der Waals surface area (Å²) in [5, 5.41) is 11.4. The van der Waals surface area contributed by atoms with Crippen LogP contribution in [0.1, 0.15) is 0 Å². The Morgan fingerprint density at radius 3 is 2.29 bits per heavy atom. The van der Waals surface area contributed by atoms with Crippen molar-refractivity contribution in [1.82, 2.24) is 0 Å². The van der Waals surface area contributed by atoms with Gasteiger partial charge in [-0.3, -0.25) is 4.72 Å². The zero-order chi connectivity index (χ0) is 14.9. The number of phenols is 1. The Labute approximate surface area is 122 Å². The van der Waals surface area contributed by atoms with Gasteiger partial charge in [0.05, 0.1) is 10.6 Å². The molecule has 0 atom stereocenters. The van der Waals surface area contributed by atoms with Gasteiger partial charge in [0.15, 0.2) is 0 Å². The van der Waals surface area contributed by atoms with Gasteiger partial charge in [0.2, 0.25) is 0 Å². The van der Waals surface area contributed by atoms with E-state index in [-0.39, 0.29) is 10.6 Å². The van der Waals surface area contributed by atoms with E-state index in [4.69, 9.17) is 0 Å². The van der Waals surface area contributed by atoms with Crippen LogP contribution in [0.2, 0.25) is 0 Å². The molecular weight excluding hydrogens is 286 g/mol. The fraction of sp³-hybridized carbons (Fsp3) is 0. The van der Waals surface area contributed by atoms with Crippen LogP contribution in [-0.4, -0.2) is 13.5 Å². The molecule has 0 spiro atoms. The molecular formula is C16H13NO3S. The molecule has 5 heteroatoms. The van der Waals surface area contributed by atoms with Gasteiger partial charge in [0.1, 0.15) is 5.75 Å². The summed E-state index contributed by atoms with van der Waals surface area (Å²) < 4.78 is 27.0. The van der Waals surface area contributed by atoms with Crippen LogP contribution >= 0.6 is 0 Å². The molecule has 3 aromatic carbocycles. The van der Waals surface area contributed by atoms with Gasteiger partial charge in [-0.2, -0.15) is 0 Å². The molecule has 3 rings (SSSR count). The SMILES string of the molecule is O=S(=O)(Nc1cc(O)c2ccccc2c1)c1ccccc1. The van der Waals surface area contributed by atoms with Gasteiger partial charge in [0.25, 0.3) is 10.0 Å². The third-order valence-electron chi connectivity index (χ3n) is 3.15. The normalized spacial score (nSPS) is 11.4. The highest BCUT2D eigenvalue weighted by Gasteiger charge is 2.14. The molecule has 0 aromatic heterocycles. The number of hydrogen-bond donors (Lipinski definition) is 2. The summed E-state index contributed by atoms with van der Waals surface area (Å²) in [5.74, 6) is 0.0406. The lowest BCUT2D eigenvalue weighted by atomic mass is 10.1. The van der Waals surface area contributed by atoms with Gasteiger partial charge >= 0.3 is 0 Å². The minimum absolute atomic E-state index is 0.0406. The minimum Gasteiger partial charge on any atom is -0.507 e. The summed E-state index contributed by atoms with van der Waals surface area (Å²) in [5.41, 5.74) is 0.329. The van der Waals surface area contributed by atoms with E-state index in [1.807, 2.05) is 18.2 Å².